The number of phenolic OH excluding ortho intramolecular Hbond substituents is 1. The van der Waals surface area contributed by atoms with E-state index in [1.54, 1.807) is 6.07 Å². The van der Waals surface area contributed by atoms with Crippen LogP contribution in [0.1, 0.15) is 20.3 Å². The predicted octanol–water partition coefficient (Wildman–Crippen LogP) is 3.03. The van der Waals surface area contributed by atoms with Gasteiger partial charge in [-0.25, -0.2) is 0 Å². The molecule has 82 valence electrons. The number of hydrogen-bond donors (Lipinski definition) is 2. The van der Waals surface area contributed by atoms with Gasteiger partial charge in [0.1, 0.15) is 5.75 Å². The Morgan fingerprint density at radius 3 is 2.73 bits per heavy atom. The quantitative estimate of drug-likeness (QED) is 0.780. The number of benzene rings is 1. The zero-order chi connectivity index (χ0) is 11.4. The Kier molecular flexibility index (Phi) is 3.97. The lowest BCUT2D eigenvalue weighted by Crippen LogP contribution is -2.13. The summed E-state index contributed by atoms with van der Waals surface area (Å²) in [6, 6.07) is 4.59. The minimum atomic E-state index is -0.0493. The molecule has 0 saturated carbocycles. The van der Waals surface area contributed by atoms with Crippen molar-refractivity contribution < 1.29 is 9.90 Å². The first-order chi connectivity index (χ1) is 6.99. The molecule has 2 N–H and O–H groups in total. The molecule has 0 aromatic heterocycles. The molecule has 1 amide bonds. The molecule has 0 unspecified atom stereocenters. The van der Waals surface area contributed by atoms with Crippen molar-refractivity contribution in [3.05, 3.63) is 23.2 Å². The van der Waals surface area contributed by atoms with Crippen LogP contribution in [-0.2, 0) is 4.79 Å². The van der Waals surface area contributed by atoms with E-state index >= 15 is 0 Å². The summed E-state index contributed by atoms with van der Waals surface area (Å²) in [6.45, 7) is 3.95. The fourth-order valence-corrected chi connectivity index (χ4v) is 1.35. The summed E-state index contributed by atoms with van der Waals surface area (Å²) in [6.07, 6.45) is 0.471. The summed E-state index contributed by atoms with van der Waals surface area (Å²) in [7, 11) is 0. The molecule has 0 aliphatic rings. The maximum Gasteiger partial charge on any atom is 0.224 e. The lowest BCUT2D eigenvalue weighted by molar-refractivity contribution is -0.116. The second-order valence-corrected chi connectivity index (χ2v) is 4.22. The van der Waals surface area contributed by atoms with Crippen LogP contribution >= 0.6 is 11.6 Å². The molecule has 0 atom stereocenters. The van der Waals surface area contributed by atoms with Crippen LogP contribution in [0, 0.1) is 5.92 Å². The van der Waals surface area contributed by atoms with Gasteiger partial charge in [-0.1, -0.05) is 25.4 Å². The molecule has 0 bridgehead atoms. The third kappa shape index (κ3) is 3.80. The molecule has 15 heavy (non-hydrogen) atoms. The van der Waals surface area contributed by atoms with Crippen LogP contribution in [0.15, 0.2) is 18.2 Å². The molecule has 1 aromatic rings. The molecule has 4 heteroatoms. The average molecular weight is 228 g/mol. The number of rotatable bonds is 3. The molecule has 3 nitrogen and oxygen atoms in total. The minimum Gasteiger partial charge on any atom is -0.506 e. The first-order valence-electron chi connectivity index (χ1n) is 4.77. The molecule has 0 aliphatic carbocycles. The highest BCUT2D eigenvalue weighted by Crippen LogP contribution is 2.26. The van der Waals surface area contributed by atoms with Gasteiger partial charge in [0.05, 0.1) is 5.02 Å². The van der Waals surface area contributed by atoms with Crippen molar-refractivity contribution >= 4 is 23.2 Å². The van der Waals surface area contributed by atoms with Gasteiger partial charge in [-0.2, -0.15) is 0 Å². The van der Waals surface area contributed by atoms with E-state index in [4.69, 9.17) is 11.6 Å². The number of anilines is 1. The van der Waals surface area contributed by atoms with Crippen molar-refractivity contribution in [3.8, 4) is 5.75 Å². The Bertz CT molecular complexity index is 364. The lowest BCUT2D eigenvalue weighted by atomic mass is 10.1. The summed E-state index contributed by atoms with van der Waals surface area (Å²) in [4.78, 5) is 11.4. The molecular weight excluding hydrogens is 214 g/mol. The summed E-state index contributed by atoms with van der Waals surface area (Å²) >= 11 is 5.70. The van der Waals surface area contributed by atoms with Gasteiger partial charge in [-0.15, -0.1) is 0 Å². The minimum absolute atomic E-state index is 0.0125. The van der Waals surface area contributed by atoms with E-state index in [0.29, 0.717) is 18.0 Å². The van der Waals surface area contributed by atoms with Gasteiger partial charge < -0.3 is 10.4 Å². The van der Waals surface area contributed by atoms with Gasteiger partial charge in [-0.3, -0.25) is 4.79 Å². The predicted molar refractivity (Wildman–Crippen MR) is 61.2 cm³/mol. The third-order valence-electron chi connectivity index (χ3n) is 1.83. The fraction of sp³-hybridized carbons (Fsp3) is 0.364. The molecule has 0 fully saturated rings. The van der Waals surface area contributed by atoms with Crippen molar-refractivity contribution in [2.75, 3.05) is 5.32 Å². The highest BCUT2D eigenvalue weighted by atomic mass is 35.5. The number of carbonyl (C=O) groups excluding carboxylic acids is 1. The van der Waals surface area contributed by atoms with Crippen LogP contribution in [0.4, 0.5) is 5.69 Å². The Morgan fingerprint density at radius 2 is 2.20 bits per heavy atom. The van der Waals surface area contributed by atoms with Gasteiger partial charge >= 0.3 is 0 Å². The number of hydrogen-bond acceptors (Lipinski definition) is 2. The summed E-state index contributed by atoms with van der Waals surface area (Å²) < 4.78 is 0. The monoisotopic (exact) mass is 227 g/mol. The number of carbonyl (C=O) groups is 1. The SMILES string of the molecule is CC(C)CC(=O)Nc1ccc(O)c(Cl)c1. The van der Waals surface area contributed by atoms with Crippen molar-refractivity contribution in [1.82, 2.24) is 0 Å². The highest BCUT2D eigenvalue weighted by molar-refractivity contribution is 6.32. The van der Waals surface area contributed by atoms with Gasteiger partial charge in [0, 0.05) is 12.1 Å². The van der Waals surface area contributed by atoms with Crippen LogP contribution in [0.5, 0.6) is 5.75 Å². The molecule has 1 aromatic carbocycles. The number of nitrogens with one attached hydrogen (secondary N) is 1. The third-order valence-corrected chi connectivity index (χ3v) is 2.13. The summed E-state index contributed by atoms with van der Waals surface area (Å²) in [5.74, 6) is 0.280. The Hall–Kier alpha value is -1.22. The topological polar surface area (TPSA) is 49.3 Å². The van der Waals surface area contributed by atoms with Crippen molar-refractivity contribution in [3.63, 3.8) is 0 Å². The van der Waals surface area contributed by atoms with Gasteiger partial charge in [0.2, 0.25) is 5.91 Å². The smallest absolute Gasteiger partial charge is 0.224 e. The number of halogens is 1. The first kappa shape index (κ1) is 11.9. The molecular formula is C11H14ClNO2. The van der Waals surface area contributed by atoms with E-state index in [9.17, 15) is 9.90 Å². The maximum atomic E-state index is 11.4. The van der Waals surface area contributed by atoms with Gasteiger partial charge in [0.15, 0.2) is 0 Å². The van der Waals surface area contributed by atoms with E-state index in [1.807, 2.05) is 13.8 Å². The van der Waals surface area contributed by atoms with Crippen LogP contribution in [0.3, 0.4) is 0 Å². The number of aromatic hydroxyl groups is 1. The van der Waals surface area contributed by atoms with E-state index in [1.165, 1.54) is 12.1 Å². The van der Waals surface area contributed by atoms with Crippen LogP contribution in [0.25, 0.3) is 0 Å². The van der Waals surface area contributed by atoms with E-state index in [2.05, 4.69) is 5.32 Å². The molecule has 0 aliphatic heterocycles. The second kappa shape index (κ2) is 5.03. The summed E-state index contributed by atoms with van der Waals surface area (Å²) in [5, 5.41) is 12.1. The molecule has 0 heterocycles. The van der Waals surface area contributed by atoms with Crippen molar-refractivity contribution in [2.45, 2.75) is 20.3 Å². The van der Waals surface area contributed by atoms with Gasteiger partial charge in [0.25, 0.3) is 0 Å². The lowest BCUT2D eigenvalue weighted by Gasteiger charge is -2.07. The van der Waals surface area contributed by atoms with Crippen LogP contribution < -0.4 is 5.32 Å². The fourth-order valence-electron chi connectivity index (χ4n) is 1.17. The van der Waals surface area contributed by atoms with Crippen molar-refractivity contribution in [1.29, 1.82) is 0 Å². The summed E-state index contributed by atoms with van der Waals surface area (Å²) in [5.41, 5.74) is 0.600. The Labute approximate surface area is 94.1 Å². The molecule has 0 saturated heterocycles. The van der Waals surface area contributed by atoms with Crippen LogP contribution in [-0.4, -0.2) is 11.0 Å². The number of amides is 1. The number of phenols is 1. The average Bonchev–Trinajstić information content (AvgIpc) is 2.10. The molecule has 0 spiro atoms. The maximum absolute atomic E-state index is 11.4. The highest BCUT2D eigenvalue weighted by Gasteiger charge is 2.06. The van der Waals surface area contributed by atoms with Crippen LogP contribution in [0.2, 0.25) is 5.02 Å². The normalized spacial score (nSPS) is 10.4. The zero-order valence-electron chi connectivity index (χ0n) is 8.75. The zero-order valence-corrected chi connectivity index (χ0v) is 9.51. The van der Waals surface area contributed by atoms with E-state index in [-0.39, 0.29) is 16.7 Å². The molecule has 1 rings (SSSR count). The Balaban J connectivity index is 2.65. The standard InChI is InChI=1S/C11H14ClNO2/c1-7(2)5-11(15)13-8-3-4-10(14)9(12)6-8/h3-4,6-7,14H,5H2,1-2H3,(H,13,15). The molecule has 0 radical (unpaired) electrons. The van der Waals surface area contributed by atoms with E-state index < -0.39 is 0 Å². The largest absolute Gasteiger partial charge is 0.506 e. The van der Waals surface area contributed by atoms with Gasteiger partial charge in [-0.05, 0) is 24.1 Å². The van der Waals surface area contributed by atoms with E-state index in [0.717, 1.165) is 0 Å². The second-order valence-electron chi connectivity index (χ2n) is 3.81. The van der Waals surface area contributed by atoms with Crippen molar-refractivity contribution in [2.24, 2.45) is 5.92 Å². The first-order valence-corrected chi connectivity index (χ1v) is 5.15. The Morgan fingerprint density at radius 1 is 1.53 bits per heavy atom.